The fraction of sp³-hybridized carbons (Fsp3) is 0.458. The van der Waals surface area contributed by atoms with Gasteiger partial charge < -0.3 is 19.5 Å². The summed E-state index contributed by atoms with van der Waals surface area (Å²) >= 11 is 0. The first-order valence-corrected chi connectivity index (χ1v) is 12.3. The average Bonchev–Trinajstić information content (AvgIpc) is 2.78. The minimum Gasteiger partial charge on any atom is -0.495 e. The van der Waals surface area contributed by atoms with E-state index in [0.717, 1.165) is 5.56 Å². The third-order valence-electron chi connectivity index (χ3n) is 5.43. The van der Waals surface area contributed by atoms with Crippen molar-refractivity contribution in [3.63, 3.8) is 0 Å². The van der Waals surface area contributed by atoms with Crippen LogP contribution in [0.25, 0.3) is 0 Å². The van der Waals surface area contributed by atoms with Crippen LogP contribution >= 0.6 is 0 Å². The summed E-state index contributed by atoms with van der Waals surface area (Å²) in [5, 5.41) is 2.71. The van der Waals surface area contributed by atoms with E-state index in [1.165, 1.54) is 29.1 Å². The van der Waals surface area contributed by atoms with Gasteiger partial charge in [-0.2, -0.15) is 4.31 Å². The lowest BCUT2D eigenvalue weighted by atomic mass is 9.86. The second kappa shape index (κ2) is 10.1. The van der Waals surface area contributed by atoms with Crippen LogP contribution in [0, 0.1) is 6.92 Å². The molecule has 1 fully saturated rings. The smallest absolute Gasteiger partial charge is 0.262 e. The highest BCUT2D eigenvalue weighted by atomic mass is 32.2. The zero-order valence-electron chi connectivity index (χ0n) is 19.8. The zero-order chi connectivity index (χ0) is 24.2. The van der Waals surface area contributed by atoms with Gasteiger partial charge in [0, 0.05) is 18.8 Å². The second-order valence-electron chi connectivity index (χ2n) is 8.95. The number of benzene rings is 2. The molecule has 0 radical (unpaired) electrons. The molecule has 33 heavy (non-hydrogen) atoms. The topological polar surface area (TPSA) is 94.2 Å². The molecule has 0 bridgehead atoms. The van der Waals surface area contributed by atoms with E-state index in [-0.39, 0.29) is 35.8 Å². The van der Waals surface area contributed by atoms with Crippen molar-refractivity contribution in [2.24, 2.45) is 0 Å². The fourth-order valence-corrected chi connectivity index (χ4v) is 5.09. The van der Waals surface area contributed by atoms with E-state index in [1.54, 1.807) is 6.07 Å². The Morgan fingerprint density at radius 2 is 1.76 bits per heavy atom. The van der Waals surface area contributed by atoms with Crippen molar-refractivity contribution in [3.8, 4) is 11.5 Å². The van der Waals surface area contributed by atoms with E-state index in [1.807, 2.05) is 19.1 Å². The van der Waals surface area contributed by atoms with Crippen LogP contribution in [0.5, 0.6) is 11.5 Å². The molecule has 0 saturated carbocycles. The van der Waals surface area contributed by atoms with Gasteiger partial charge in [-0.05, 0) is 47.7 Å². The van der Waals surface area contributed by atoms with Gasteiger partial charge in [-0.1, -0.05) is 32.9 Å². The van der Waals surface area contributed by atoms with Gasteiger partial charge in [0.2, 0.25) is 10.0 Å². The summed E-state index contributed by atoms with van der Waals surface area (Å²) < 4.78 is 43.8. The Hall–Kier alpha value is -2.62. The van der Waals surface area contributed by atoms with Gasteiger partial charge in [0.25, 0.3) is 5.91 Å². The van der Waals surface area contributed by atoms with Crippen LogP contribution in [0.4, 0.5) is 5.69 Å². The first-order chi connectivity index (χ1) is 15.5. The molecule has 1 N–H and O–H groups in total. The number of hydrogen-bond acceptors (Lipinski definition) is 6. The Labute approximate surface area is 195 Å². The van der Waals surface area contributed by atoms with Crippen LogP contribution in [-0.4, -0.2) is 58.7 Å². The van der Waals surface area contributed by atoms with Crippen LogP contribution in [0.3, 0.4) is 0 Å². The summed E-state index contributed by atoms with van der Waals surface area (Å²) in [5.41, 5.74) is 2.49. The summed E-state index contributed by atoms with van der Waals surface area (Å²) in [6.07, 6.45) is 0. The lowest BCUT2D eigenvalue weighted by Crippen LogP contribution is -2.40. The number of anilines is 1. The second-order valence-corrected chi connectivity index (χ2v) is 10.9. The monoisotopic (exact) mass is 476 g/mol. The van der Waals surface area contributed by atoms with E-state index in [2.05, 4.69) is 32.2 Å². The van der Waals surface area contributed by atoms with Gasteiger partial charge in [-0.25, -0.2) is 8.42 Å². The van der Waals surface area contributed by atoms with E-state index < -0.39 is 15.9 Å². The molecule has 180 valence electrons. The van der Waals surface area contributed by atoms with Crippen molar-refractivity contribution in [1.29, 1.82) is 0 Å². The maximum absolute atomic E-state index is 13.1. The summed E-state index contributed by atoms with van der Waals surface area (Å²) in [7, 11) is -2.38. The third-order valence-corrected chi connectivity index (χ3v) is 7.35. The van der Waals surface area contributed by atoms with Gasteiger partial charge in [-0.15, -0.1) is 0 Å². The maximum atomic E-state index is 13.1. The average molecular weight is 477 g/mol. The molecule has 0 atom stereocenters. The summed E-state index contributed by atoms with van der Waals surface area (Å²) in [6, 6.07) is 10.4. The predicted octanol–water partition coefficient (Wildman–Crippen LogP) is 3.34. The number of ether oxygens (including phenoxy) is 3. The molecule has 1 saturated heterocycles. The Balaban J connectivity index is 1.71. The van der Waals surface area contributed by atoms with E-state index in [4.69, 9.17) is 14.2 Å². The number of aryl methyl sites for hydroxylation is 1. The standard InChI is InChI=1S/C24H32N2O6S/c1-17-14-18(24(2,3)4)6-8-20(17)32-16-23(27)25-19-7-9-21(30-5)22(15-19)33(28,29)26-10-12-31-13-11-26/h6-9,14-15H,10-13,16H2,1-5H3,(H,25,27). The first kappa shape index (κ1) is 25.0. The summed E-state index contributed by atoms with van der Waals surface area (Å²) in [4.78, 5) is 12.5. The lowest BCUT2D eigenvalue weighted by Gasteiger charge is -2.26. The highest BCUT2D eigenvalue weighted by Crippen LogP contribution is 2.30. The van der Waals surface area contributed by atoms with Gasteiger partial charge in [0.05, 0.1) is 20.3 Å². The summed E-state index contributed by atoms with van der Waals surface area (Å²) in [6.45, 7) is 9.36. The molecule has 2 aromatic carbocycles. The number of amides is 1. The molecule has 1 amide bonds. The number of sulfonamides is 1. The molecule has 0 unspecified atom stereocenters. The highest BCUT2D eigenvalue weighted by Gasteiger charge is 2.29. The van der Waals surface area contributed by atoms with Crippen molar-refractivity contribution < 1.29 is 27.4 Å². The maximum Gasteiger partial charge on any atom is 0.262 e. The largest absolute Gasteiger partial charge is 0.495 e. The SMILES string of the molecule is COc1ccc(NC(=O)COc2ccc(C(C)(C)C)cc2C)cc1S(=O)(=O)N1CCOCC1. The molecule has 1 heterocycles. The molecule has 8 nitrogen and oxygen atoms in total. The molecular weight excluding hydrogens is 444 g/mol. The Kier molecular flexibility index (Phi) is 7.66. The van der Waals surface area contributed by atoms with E-state index >= 15 is 0 Å². The molecule has 0 aromatic heterocycles. The Morgan fingerprint density at radius 1 is 1.09 bits per heavy atom. The van der Waals surface area contributed by atoms with Gasteiger partial charge in [0.15, 0.2) is 6.61 Å². The Morgan fingerprint density at radius 3 is 2.36 bits per heavy atom. The minimum atomic E-state index is -3.79. The summed E-state index contributed by atoms with van der Waals surface area (Å²) in [5.74, 6) is 0.447. The number of hydrogen-bond donors (Lipinski definition) is 1. The zero-order valence-corrected chi connectivity index (χ0v) is 20.6. The molecule has 2 aromatic rings. The number of carbonyl (C=O) groups excluding carboxylic acids is 1. The molecule has 9 heteroatoms. The van der Waals surface area contributed by atoms with Crippen molar-refractivity contribution in [2.75, 3.05) is 45.3 Å². The normalized spacial score (nSPS) is 15.2. The van der Waals surface area contributed by atoms with E-state index in [9.17, 15) is 13.2 Å². The van der Waals surface area contributed by atoms with Crippen LogP contribution in [-0.2, 0) is 25.0 Å². The van der Waals surface area contributed by atoms with Crippen molar-refractivity contribution in [3.05, 3.63) is 47.5 Å². The highest BCUT2D eigenvalue weighted by molar-refractivity contribution is 7.89. The molecule has 1 aliphatic heterocycles. The molecule has 0 aliphatic carbocycles. The van der Waals surface area contributed by atoms with Crippen molar-refractivity contribution >= 4 is 21.6 Å². The number of methoxy groups -OCH3 is 1. The molecule has 3 rings (SSSR count). The van der Waals surface area contributed by atoms with Gasteiger partial charge in [-0.3, -0.25) is 4.79 Å². The quantitative estimate of drug-likeness (QED) is 0.659. The number of carbonyl (C=O) groups is 1. The van der Waals surface area contributed by atoms with Crippen LogP contribution in [0.1, 0.15) is 31.9 Å². The lowest BCUT2D eigenvalue weighted by molar-refractivity contribution is -0.118. The van der Waals surface area contributed by atoms with Crippen molar-refractivity contribution in [2.45, 2.75) is 38.0 Å². The third kappa shape index (κ3) is 6.04. The Bertz CT molecular complexity index is 1100. The van der Waals surface area contributed by atoms with Crippen molar-refractivity contribution in [1.82, 2.24) is 4.31 Å². The number of nitrogens with one attached hydrogen (secondary N) is 1. The number of nitrogens with zero attached hydrogens (tertiary/aromatic N) is 1. The first-order valence-electron chi connectivity index (χ1n) is 10.8. The molecule has 0 spiro atoms. The minimum absolute atomic E-state index is 0.000711. The van der Waals surface area contributed by atoms with Crippen LogP contribution in [0.2, 0.25) is 0 Å². The van der Waals surface area contributed by atoms with Crippen LogP contribution in [0.15, 0.2) is 41.3 Å². The predicted molar refractivity (Wildman–Crippen MR) is 127 cm³/mol. The van der Waals surface area contributed by atoms with Gasteiger partial charge >= 0.3 is 0 Å². The van der Waals surface area contributed by atoms with Gasteiger partial charge in [0.1, 0.15) is 16.4 Å². The van der Waals surface area contributed by atoms with E-state index in [0.29, 0.717) is 24.7 Å². The number of morpholine rings is 1. The molecule has 1 aliphatic rings. The number of rotatable bonds is 7. The van der Waals surface area contributed by atoms with Crippen LogP contribution < -0.4 is 14.8 Å². The fourth-order valence-electron chi connectivity index (χ4n) is 3.50. The molecular formula is C24H32N2O6S.